The fourth-order valence-corrected chi connectivity index (χ4v) is 5.70. The number of ether oxygens (including phenoxy) is 2. The molecule has 2 heterocycles. The number of nitrogens with one attached hydrogen (secondary N) is 1. The molecule has 0 unspecified atom stereocenters. The molecule has 188 valence electrons. The minimum Gasteiger partial charge on any atom is -0.490 e. The van der Waals surface area contributed by atoms with Crippen molar-refractivity contribution in [3.05, 3.63) is 71.8 Å². The van der Waals surface area contributed by atoms with Crippen LogP contribution in [0, 0.1) is 5.41 Å². The Morgan fingerprint density at radius 2 is 1.89 bits per heavy atom. The zero-order valence-electron chi connectivity index (χ0n) is 20.6. The van der Waals surface area contributed by atoms with Gasteiger partial charge in [-0.1, -0.05) is 49.4 Å². The Balaban J connectivity index is 1.28. The van der Waals surface area contributed by atoms with Crippen LogP contribution in [0.3, 0.4) is 0 Å². The summed E-state index contributed by atoms with van der Waals surface area (Å²) in [5.41, 5.74) is 0.910. The van der Waals surface area contributed by atoms with Crippen LogP contribution in [0.4, 0.5) is 0 Å². The number of amides is 1. The van der Waals surface area contributed by atoms with Crippen molar-refractivity contribution >= 4 is 62.3 Å². The largest absolute Gasteiger partial charge is 0.490 e. The lowest BCUT2D eigenvalue weighted by Crippen LogP contribution is -2.35. The van der Waals surface area contributed by atoms with Gasteiger partial charge in [0.2, 0.25) is 5.17 Å². The number of aliphatic imine (C=N–C) groups is 1. The van der Waals surface area contributed by atoms with E-state index in [1.807, 2.05) is 38.1 Å². The van der Waals surface area contributed by atoms with Crippen molar-refractivity contribution in [2.75, 3.05) is 19.0 Å². The summed E-state index contributed by atoms with van der Waals surface area (Å²) in [5.74, 6) is 1.59. The Bertz CT molecular complexity index is 1460. The maximum atomic E-state index is 12.7. The van der Waals surface area contributed by atoms with E-state index in [1.54, 1.807) is 17.8 Å². The number of hydrogen-bond acceptors (Lipinski definition) is 7. The zero-order valence-corrected chi connectivity index (χ0v) is 22.2. The highest BCUT2D eigenvalue weighted by Gasteiger charge is 2.35. The first-order chi connectivity index (χ1) is 18.1. The van der Waals surface area contributed by atoms with Gasteiger partial charge in [0.1, 0.15) is 5.04 Å². The molecule has 0 saturated heterocycles. The molecule has 2 aliphatic rings. The van der Waals surface area contributed by atoms with Crippen molar-refractivity contribution in [2.45, 2.75) is 25.2 Å². The third kappa shape index (κ3) is 5.42. The molecule has 2 aliphatic heterocycles. The first-order valence-electron chi connectivity index (χ1n) is 12.1. The summed E-state index contributed by atoms with van der Waals surface area (Å²) in [6, 6.07) is 20.2. The standard InChI is InChI=1S/C28H26N4O3S2/c1-3-25-31-32-26(29)21(27(33)30-28(32)37-25)16-18-12-13-22(23(17-18)34-4-2)35-14-15-36-24-11-7-9-19-8-5-6-10-20(19)24/h5-13,16-17,29H,3-4,14-15H2,1-2H3. The van der Waals surface area contributed by atoms with E-state index in [4.69, 9.17) is 14.9 Å². The second kappa shape index (κ2) is 11.2. The van der Waals surface area contributed by atoms with Gasteiger partial charge in [0.25, 0.3) is 5.91 Å². The lowest BCUT2D eigenvalue weighted by atomic mass is 10.1. The van der Waals surface area contributed by atoms with Gasteiger partial charge in [-0.3, -0.25) is 10.2 Å². The molecule has 5 rings (SSSR count). The predicted molar refractivity (Wildman–Crippen MR) is 153 cm³/mol. The molecule has 1 N–H and O–H groups in total. The molecule has 3 aromatic carbocycles. The summed E-state index contributed by atoms with van der Waals surface area (Å²) in [4.78, 5) is 18.0. The number of hydrogen-bond donors (Lipinski definition) is 1. The van der Waals surface area contributed by atoms with Gasteiger partial charge in [0.05, 0.1) is 18.8 Å². The van der Waals surface area contributed by atoms with Crippen molar-refractivity contribution in [3.8, 4) is 11.5 Å². The van der Waals surface area contributed by atoms with Gasteiger partial charge >= 0.3 is 0 Å². The number of amidine groups is 2. The summed E-state index contributed by atoms with van der Waals surface area (Å²) in [5, 5.41) is 18.1. The Kier molecular flexibility index (Phi) is 7.62. The lowest BCUT2D eigenvalue weighted by Gasteiger charge is -2.20. The molecule has 0 aliphatic carbocycles. The van der Waals surface area contributed by atoms with E-state index >= 15 is 0 Å². The monoisotopic (exact) mass is 530 g/mol. The average molecular weight is 531 g/mol. The smallest absolute Gasteiger partial charge is 0.283 e. The highest BCUT2D eigenvalue weighted by Crippen LogP contribution is 2.33. The van der Waals surface area contributed by atoms with Crippen LogP contribution < -0.4 is 9.47 Å². The van der Waals surface area contributed by atoms with Crippen molar-refractivity contribution in [3.63, 3.8) is 0 Å². The van der Waals surface area contributed by atoms with E-state index in [0.29, 0.717) is 29.9 Å². The summed E-state index contributed by atoms with van der Waals surface area (Å²) in [6.07, 6.45) is 2.37. The quantitative estimate of drug-likeness (QED) is 0.195. The maximum absolute atomic E-state index is 12.7. The molecule has 9 heteroatoms. The SMILES string of the molecule is CCOc1cc(C=C2C(=N)N3N=C(CC)SC3=NC2=O)ccc1OCCSc1cccc2ccccc12. The minimum absolute atomic E-state index is 0.0229. The van der Waals surface area contributed by atoms with Crippen molar-refractivity contribution in [2.24, 2.45) is 10.1 Å². The van der Waals surface area contributed by atoms with Gasteiger partial charge < -0.3 is 9.47 Å². The van der Waals surface area contributed by atoms with E-state index in [2.05, 4.69) is 46.5 Å². The molecule has 3 aromatic rings. The van der Waals surface area contributed by atoms with Crippen LogP contribution >= 0.6 is 23.5 Å². The first kappa shape index (κ1) is 25.1. The van der Waals surface area contributed by atoms with Crippen LogP contribution in [0.5, 0.6) is 11.5 Å². The van der Waals surface area contributed by atoms with Crippen LogP contribution in [-0.2, 0) is 4.79 Å². The normalized spacial score (nSPS) is 16.2. The number of benzene rings is 3. The summed E-state index contributed by atoms with van der Waals surface area (Å²) >= 11 is 3.09. The second-order valence-electron chi connectivity index (χ2n) is 8.18. The van der Waals surface area contributed by atoms with E-state index in [1.165, 1.54) is 32.4 Å². The third-order valence-electron chi connectivity index (χ3n) is 5.73. The molecular formula is C28H26N4O3S2. The van der Waals surface area contributed by atoms with E-state index < -0.39 is 5.91 Å². The van der Waals surface area contributed by atoms with Crippen LogP contribution in [0.1, 0.15) is 25.8 Å². The second-order valence-corrected chi connectivity index (χ2v) is 10.4. The first-order valence-corrected chi connectivity index (χ1v) is 13.9. The molecule has 1 amide bonds. The molecule has 0 aromatic heterocycles. The number of hydrazone groups is 1. The van der Waals surface area contributed by atoms with Gasteiger partial charge in [-0.25, -0.2) is 0 Å². The van der Waals surface area contributed by atoms with E-state index in [-0.39, 0.29) is 11.4 Å². The number of rotatable bonds is 9. The average Bonchev–Trinajstić information content (AvgIpc) is 3.33. The lowest BCUT2D eigenvalue weighted by molar-refractivity contribution is -0.114. The summed E-state index contributed by atoms with van der Waals surface area (Å²) in [7, 11) is 0. The zero-order chi connectivity index (χ0) is 25.8. The van der Waals surface area contributed by atoms with Crippen molar-refractivity contribution < 1.29 is 14.3 Å². The number of nitrogens with zero attached hydrogens (tertiary/aromatic N) is 3. The Morgan fingerprint density at radius 3 is 2.73 bits per heavy atom. The Morgan fingerprint density at radius 1 is 1.05 bits per heavy atom. The Labute approximate surface area is 224 Å². The van der Waals surface area contributed by atoms with Crippen LogP contribution in [0.25, 0.3) is 16.8 Å². The van der Waals surface area contributed by atoms with E-state index in [9.17, 15) is 4.79 Å². The third-order valence-corrected chi connectivity index (χ3v) is 7.82. The van der Waals surface area contributed by atoms with Gasteiger partial charge in [0.15, 0.2) is 17.3 Å². The molecule has 0 bridgehead atoms. The molecular weight excluding hydrogens is 504 g/mol. The number of carbonyl (C=O) groups excluding carboxylic acids is 1. The van der Waals surface area contributed by atoms with Gasteiger partial charge in [-0.15, -0.1) is 11.8 Å². The Hall–Kier alpha value is -3.56. The van der Waals surface area contributed by atoms with Gasteiger partial charge in [0, 0.05) is 10.6 Å². The molecule has 0 fully saturated rings. The fourth-order valence-electron chi connectivity index (χ4n) is 3.97. The molecule has 0 spiro atoms. The van der Waals surface area contributed by atoms with Crippen LogP contribution in [-0.4, -0.2) is 45.9 Å². The number of fused-ring (bicyclic) bond motifs is 2. The van der Waals surface area contributed by atoms with E-state index in [0.717, 1.165) is 22.8 Å². The highest BCUT2D eigenvalue weighted by molar-refractivity contribution is 8.26. The topological polar surface area (TPSA) is 87.3 Å². The number of carbonyl (C=O) groups is 1. The summed E-state index contributed by atoms with van der Waals surface area (Å²) in [6.45, 7) is 4.88. The summed E-state index contributed by atoms with van der Waals surface area (Å²) < 4.78 is 11.9. The predicted octanol–water partition coefficient (Wildman–Crippen LogP) is 6.44. The highest BCUT2D eigenvalue weighted by atomic mass is 32.2. The maximum Gasteiger partial charge on any atom is 0.283 e. The fraction of sp³-hybridized carbons (Fsp3) is 0.214. The van der Waals surface area contributed by atoms with Gasteiger partial charge in [-0.05, 0) is 65.7 Å². The molecule has 37 heavy (non-hydrogen) atoms. The molecule has 0 atom stereocenters. The van der Waals surface area contributed by atoms with Crippen LogP contribution in [0.15, 0.2) is 81.2 Å². The molecule has 0 saturated carbocycles. The van der Waals surface area contributed by atoms with Crippen LogP contribution in [0.2, 0.25) is 0 Å². The van der Waals surface area contributed by atoms with Crippen molar-refractivity contribution in [1.29, 1.82) is 5.41 Å². The van der Waals surface area contributed by atoms with Gasteiger partial charge in [-0.2, -0.15) is 15.1 Å². The van der Waals surface area contributed by atoms with Crippen molar-refractivity contribution in [1.82, 2.24) is 5.01 Å². The molecule has 7 nitrogen and oxygen atoms in total. The minimum atomic E-state index is -0.444. The molecule has 0 radical (unpaired) electrons. The number of thioether (sulfide) groups is 2.